The average Bonchev–Trinajstić information content (AvgIpc) is 3.56. The number of carbonyl (C=O) groups excluding carboxylic acids is 2. The predicted octanol–water partition coefficient (Wildman–Crippen LogP) is 2.79. The Morgan fingerprint density at radius 2 is 1.81 bits per heavy atom. The summed E-state index contributed by atoms with van der Waals surface area (Å²) < 4.78 is 38.0. The summed E-state index contributed by atoms with van der Waals surface area (Å²) in [5.41, 5.74) is 3.24. The lowest BCUT2D eigenvalue weighted by molar-refractivity contribution is -0.124. The molecule has 2 aromatic carbocycles. The first-order valence-electron chi connectivity index (χ1n) is 10.3. The largest absolute Gasteiger partial charge is 0.495 e. The maximum atomic E-state index is 12.6. The summed E-state index contributed by atoms with van der Waals surface area (Å²) in [6.45, 7) is 5.37. The van der Waals surface area contributed by atoms with Crippen molar-refractivity contribution < 1.29 is 27.5 Å². The fourth-order valence-electron chi connectivity index (χ4n) is 3.11. The van der Waals surface area contributed by atoms with Crippen molar-refractivity contribution in [2.24, 2.45) is 0 Å². The number of carbonyl (C=O) groups is 2. The first-order chi connectivity index (χ1) is 15.1. The zero-order valence-corrected chi connectivity index (χ0v) is 19.4. The third-order valence-corrected chi connectivity index (χ3v) is 6.87. The molecule has 1 aliphatic carbocycles. The minimum absolute atomic E-state index is 0.0111. The molecule has 9 heteroatoms. The standard InChI is InChI=1S/C23H28N2O6S/c1-14-5-6-17(11-15(14)2)16(3)24-22(26)13-31-23(27)18-7-10-20(30-4)21(12-18)32(28,29)25-19-8-9-19/h5-7,10-12,16,19,25H,8-9,13H2,1-4H3,(H,24,26). The number of ether oxygens (including phenoxy) is 2. The van der Waals surface area contributed by atoms with Gasteiger partial charge in [-0.15, -0.1) is 0 Å². The first-order valence-corrected chi connectivity index (χ1v) is 11.8. The number of methoxy groups -OCH3 is 1. The van der Waals surface area contributed by atoms with Gasteiger partial charge in [-0.05, 0) is 68.5 Å². The molecule has 0 aromatic heterocycles. The van der Waals surface area contributed by atoms with Crippen LogP contribution in [-0.4, -0.2) is 40.1 Å². The van der Waals surface area contributed by atoms with E-state index in [1.807, 2.05) is 39.0 Å². The summed E-state index contributed by atoms with van der Waals surface area (Å²) in [4.78, 5) is 24.6. The predicted molar refractivity (Wildman–Crippen MR) is 119 cm³/mol. The molecule has 0 aliphatic heterocycles. The molecule has 1 fully saturated rings. The summed E-state index contributed by atoms with van der Waals surface area (Å²) in [5, 5.41) is 2.79. The lowest BCUT2D eigenvalue weighted by atomic mass is 10.0. The van der Waals surface area contributed by atoms with E-state index >= 15 is 0 Å². The topological polar surface area (TPSA) is 111 Å². The van der Waals surface area contributed by atoms with Gasteiger partial charge in [0.15, 0.2) is 6.61 Å². The van der Waals surface area contributed by atoms with E-state index in [0.717, 1.165) is 29.5 Å². The van der Waals surface area contributed by atoms with Gasteiger partial charge >= 0.3 is 5.97 Å². The second-order valence-corrected chi connectivity index (χ2v) is 9.65. The van der Waals surface area contributed by atoms with Crippen LogP contribution in [0.5, 0.6) is 5.75 Å². The van der Waals surface area contributed by atoms with Crippen LogP contribution in [0, 0.1) is 13.8 Å². The van der Waals surface area contributed by atoms with E-state index in [0.29, 0.717) is 0 Å². The molecule has 3 rings (SSSR count). The Bertz CT molecular complexity index is 1130. The highest BCUT2D eigenvalue weighted by Gasteiger charge is 2.30. The van der Waals surface area contributed by atoms with Crippen LogP contribution in [0.25, 0.3) is 0 Å². The van der Waals surface area contributed by atoms with Gasteiger partial charge in [-0.25, -0.2) is 17.9 Å². The first kappa shape index (κ1) is 23.7. The molecule has 32 heavy (non-hydrogen) atoms. The number of amides is 1. The SMILES string of the molecule is COc1ccc(C(=O)OCC(=O)NC(C)c2ccc(C)c(C)c2)cc1S(=O)(=O)NC1CC1. The Morgan fingerprint density at radius 3 is 2.44 bits per heavy atom. The van der Waals surface area contributed by atoms with E-state index in [1.165, 1.54) is 25.3 Å². The molecule has 0 heterocycles. The van der Waals surface area contributed by atoms with Crippen LogP contribution in [0.1, 0.15) is 52.9 Å². The molecule has 0 bridgehead atoms. The summed E-state index contributed by atoms with van der Waals surface area (Å²) in [6.07, 6.45) is 1.55. The summed E-state index contributed by atoms with van der Waals surface area (Å²) >= 11 is 0. The molecule has 1 saturated carbocycles. The quantitative estimate of drug-likeness (QED) is 0.557. The molecule has 0 spiro atoms. The third-order valence-electron chi connectivity index (χ3n) is 5.33. The molecule has 0 radical (unpaired) electrons. The molecule has 1 amide bonds. The Kier molecular flexibility index (Phi) is 7.20. The van der Waals surface area contributed by atoms with E-state index in [-0.39, 0.29) is 28.3 Å². The average molecular weight is 461 g/mol. The molecule has 172 valence electrons. The minimum atomic E-state index is -3.84. The van der Waals surface area contributed by atoms with Gasteiger partial charge in [-0.3, -0.25) is 4.79 Å². The Balaban J connectivity index is 1.63. The second-order valence-electron chi connectivity index (χ2n) is 7.97. The van der Waals surface area contributed by atoms with E-state index < -0.39 is 28.5 Å². The van der Waals surface area contributed by atoms with Crippen LogP contribution in [0.3, 0.4) is 0 Å². The maximum Gasteiger partial charge on any atom is 0.338 e. The van der Waals surface area contributed by atoms with Gasteiger partial charge < -0.3 is 14.8 Å². The summed E-state index contributed by atoms with van der Waals surface area (Å²) in [5.74, 6) is -1.14. The summed E-state index contributed by atoms with van der Waals surface area (Å²) in [7, 11) is -2.49. The van der Waals surface area contributed by atoms with Crippen LogP contribution in [0.2, 0.25) is 0 Å². The highest BCUT2D eigenvalue weighted by Crippen LogP contribution is 2.28. The van der Waals surface area contributed by atoms with Crippen molar-refractivity contribution in [1.82, 2.24) is 10.0 Å². The van der Waals surface area contributed by atoms with E-state index in [2.05, 4.69) is 10.0 Å². The number of rotatable bonds is 9. The molecule has 1 aliphatic rings. The number of hydrogen-bond acceptors (Lipinski definition) is 6. The van der Waals surface area contributed by atoms with Crippen LogP contribution in [-0.2, 0) is 19.6 Å². The fourth-order valence-corrected chi connectivity index (χ4v) is 4.61. The number of esters is 1. The van der Waals surface area contributed by atoms with E-state index in [4.69, 9.17) is 9.47 Å². The van der Waals surface area contributed by atoms with Crippen molar-refractivity contribution in [1.29, 1.82) is 0 Å². The van der Waals surface area contributed by atoms with Gasteiger partial charge in [-0.1, -0.05) is 18.2 Å². The Morgan fingerprint density at radius 1 is 1.09 bits per heavy atom. The van der Waals surface area contributed by atoms with Crippen LogP contribution in [0.15, 0.2) is 41.3 Å². The van der Waals surface area contributed by atoms with Gasteiger partial charge in [0.05, 0.1) is 18.7 Å². The van der Waals surface area contributed by atoms with E-state index in [1.54, 1.807) is 0 Å². The summed E-state index contributed by atoms with van der Waals surface area (Å²) in [6, 6.07) is 9.56. The third kappa shape index (κ3) is 5.86. The van der Waals surface area contributed by atoms with Crippen LogP contribution < -0.4 is 14.8 Å². The maximum absolute atomic E-state index is 12.6. The van der Waals surface area contributed by atoms with Gasteiger partial charge in [-0.2, -0.15) is 0 Å². The monoisotopic (exact) mass is 460 g/mol. The molecule has 1 atom stereocenters. The molecular weight excluding hydrogens is 432 g/mol. The van der Waals surface area contributed by atoms with Gasteiger partial charge in [0, 0.05) is 6.04 Å². The minimum Gasteiger partial charge on any atom is -0.495 e. The fraction of sp³-hybridized carbons (Fsp3) is 0.391. The molecule has 2 N–H and O–H groups in total. The van der Waals surface area contributed by atoms with Crippen molar-refractivity contribution in [2.45, 2.75) is 50.6 Å². The lowest BCUT2D eigenvalue weighted by Gasteiger charge is -2.16. The number of aryl methyl sites for hydroxylation is 2. The zero-order chi connectivity index (χ0) is 23.5. The van der Waals surface area contributed by atoms with Crippen molar-refractivity contribution in [3.05, 3.63) is 58.7 Å². The van der Waals surface area contributed by atoms with Gasteiger partial charge in [0.1, 0.15) is 10.6 Å². The molecule has 8 nitrogen and oxygen atoms in total. The number of benzene rings is 2. The van der Waals surface area contributed by atoms with Crippen LogP contribution in [0.4, 0.5) is 0 Å². The van der Waals surface area contributed by atoms with Crippen molar-refractivity contribution >= 4 is 21.9 Å². The second kappa shape index (κ2) is 9.70. The molecular formula is C23H28N2O6S. The van der Waals surface area contributed by atoms with Crippen molar-refractivity contribution in [3.8, 4) is 5.75 Å². The molecule has 2 aromatic rings. The van der Waals surface area contributed by atoms with Crippen molar-refractivity contribution in [2.75, 3.05) is 13.7 Å². The van der Waals surface area contributed by atoms with Crippen molar-refractivity contribution in [3.63, 3.8) is 0 Å². The van der Waals surface area contributed by atoms with Gasteiger partial charge in [0.25, 0.3) is 5.91 Å². The number of sulfonamides is 1. The van der Waals surface area contributed by atoms with E-state index in [9.17, 15) is 18.0 Å². The number of nitrogens with one attached hydrogen (secondary N) is 2. The Hall–Kier alpha value is -2.91. The smallest absolute Gasteiger partial charge is 0.338 e. The lowest BCUT2D eigenvalue weighted by Crippen LogP contribution is -2.31. The molecule has 1 unspecified atom stereocenters. The van der Waals surface area contributed by atoms with Crippen LogP contribution >= 0.6 is 0 Å². The highest BCUT2D eigenvalue weighted by molar-refractivity contribution is 7.89. The van der Waals surface area contributed by atoms with Gasteiger partial charge in [0.2, 0.25) is 10.0 Å². The Labute approximate surface area is 188 Å². The highest BCUT2D eigenvalue weighted by atomic mass is 32.2. The number of hydrogen-bond donors (Lipinski definition) is 2. The normalized spacial score (nSPS) is 14.5. The zero-order valence-electron chi connectivity index (χ0n) is 18.6. The molecule has 0 saturated heterocycles.